The number of anilines is 1. The molecule has 3 rings (SSSR count). The lowest BCUT2D eigenvalue weighted by Crippen LogP contribution is -2.37. The zero-order valence-electron chi connectivity index (χ0n) is 12.4. The summed E-state index contributed by atoms with van der Waals surface area (Å²) in [5, 5.41) is 15.0. The van der Waals surface area contributed by atoms with Crippen molar-refractivity contribution < 1.29 is 4.92 Å². The van der Waals surface area contributed by atoms with Crippen molar-refractivity contribution in [3.8, 4) is 0 Å². The van der Waals surface area contributed by atoms with Crippen molar-refractivity contribution in [3.63, 3.8) is 0 Å². The molecule has 3 heterocycles. The fraction of sp³-hybridized carbons (Fsp3) is 0.500. The van der Waals surface area contributed by atoms with Crippen molar-refractivity contribution in [2.45, 2.75) is 26.3 Å². The van der Waals surface area contributed by atoms with Crippen LogP contribution in [0.25, 0.3) is 0 Å². The van der Waals surface area contributed by atoms with Crippen LogP contribution in [0.2, 0.25) is 0 Å². The number of nitro groups is 1. The van der Waals surface area contributed by atoms with Crippen LogP contribution in [0.5, 0.6) is 0 Å². The minimum Gasteiger partial charge on any atom is -0.356 e. The van der Waals surface area contributed by atoms with E-state index in [0.717, 1.165) is 38.3 Å². The highest BCUT2D eigenvalue weighted by Gasteiger charge is 2.23. The normalized spacial score (nSPS) is 18.4. The van der Waals surface area contributed by atoms with Gasteiger partial charge in [0.05, 0.1) is 4.92 Å². The van der Waals surface area contributed by atoms with E-state index >= 15 is 0 Å². The van der Waals surface area contributed by atoms with E-state index in [9.17, 15) is 10.1 Å². The second kappa shape index (κ2) is 6.08. The maximum atomic E-state index is 10.9. The first-order valence-electron chi connectivity index (χ1n) is 7.32. The quantitative estimate of drug-likeness (QED) is 0.632. The van der Waals surface area contributed by atoms with E-state index in [4.69, 9.17) is 0 Å². The molecule has 1 aliphatic rings. The third-order valence-corrected chi connectivity index (χ3v) is 4.02. The second-order valence-electron chi connectivity index (χ2n) is 5.66. The molecule has 0 spiro atoms. The Hall–Kier alpha value is -2.51. The minimum absolute atomic E-state index is 0.0694. The Balaban J connectivity index is 1.71. The van der Waals surface area contributed by atoms with Crippen LogP contribution in [0.1, 0.15) is 18.4 Å². The summed E-state index contributed by atoms with van der Waals surface area (Å²) < 4.78 is 1.85. The number of piperidine rings is 1. The maximum absolute atomic E-state index is 10.9. The summed E-state index contributed by atoms with van der Waals surface area (Å²) in [6.45, 7) is 4.39. The first kappa shape index (κ1) is 14.4. The van der Waals surface area contributed by atoms with E-state index in [1.54, 1.807) is 25.6 Å². The first-order chi connectivity index (χ1) is 10.6. The van der Waals surface area contributed by atoms with Gasteiger partial charge in [-0.2, -0.15) is 5.10 Å². The number of hydrogen-bond acceptors (Lipinski definition) is 6. The van der Waals surface area contributed by atoms with Crippen molar-refractivity contribution in [3.05, 3.63) is 40.6 Å². The second-order valence-corrected chi connectivity index (χ2v) is 5.66. The Morgan fingerprint density at radius 3 is 3.05 bits per heavy atom. The number of aryl methyl sites for hydroxylation is 1. The van der Waals surface area contributed by atoms with Crippen molar-refractivity contribution in [2.75, 3.05) is 18.0 Å². The Morgan fingerprint density at radius 1 is 1.50 bits per heavy atom. The van der Waals surface area contributed by atoms with Crippen LogP contribution >= 0.6 is 0 Å². The molecule has 0 radical (unpaired) electrons. The SMILES string of the molecule is Cc1cc(N2CCCC(Cn3cncn3)C2)ncc1[N+](=O)[O-]. The van der Waals surface area contributed by atoms with Gasteiger partial charge in [0.25, 0.3) is 5.69 Å². The Kier molecular flexibility index (Phi) is 3.99. The van der Waals surface area contributed by atoms with Gasteiger partial charge in [-0.1, -0.05) is 0 Å². The lowest BCUT2D eigenvalue weighted by molar-refractivity contribution is -0.385. The van der Waals surface area contributed by atoms with Crippen molar-refractivity contribution in [2.24, 2.45) is 5.92 Å². The molecule has 0 amide bonds. The Bertz CT molecular complexity index is 657. The molecule has 8 nitrogen and oxygen atoms in total. The molecular formula is C14H18N6O2. The summed E-state index contributed by atoms with van der Waals surface area (Å²) >= 11 is 0. The van der Waals surface area contributed by atoms with Crippen LogP contribution in [0.3, 0.4) is 0 Å². The predicted octanol–water partition coefficient (Wildman–Crippen LogP) is 1.81. The molecule has 22 heavy (non-hydrogen) atoms. The zero-order valence-corrected chi connectivity index (χ0v) is 12.4. The molecule has 116 valence electrons. The number of pyridine rings is 1. The summed E-state index contributed by atoms with van der Waals surface area (Å²) in [4.78, 5) is 20.9. The third kappa shape index (κ3) is 3.05. The molecule has 0 N–H and O–H groups in total. The summed E-state index contributed by atoms with van der Waals surface area (Å²) in [5.41, 5.74) is 0.716. The fourth-order valence-electron chi connectivity index (χ4n) is 2.91. The molecule has 1 atom stereocenters. The molecule has 1 unspecified atom stereocenters. The highest BCUT2D eigenvalue weighted by Crippen LogP contribution is 2.26. The van der Waals surface area contributed by atoms with Crippen molar-refractivity contribution in [1.29, 1.82) is 0 Å². The molecule has 0 bridgehead atoms. The molecule has 2 aromatic rings. The van der Waals surface area contributed by atoms with Gasteiger partial charge < -0.3 is 4.90 Å². The van der Waals surface area contributed by atoms with E-state index in [-0.39, 0.29) is 5.69 Å². The van der Waals surface area contributed by atoms with Crippen LogP contribution < -0.4 is 4.90 Å². The van der Waals surface area contributed by atoms with E-state index in [2.05, 4.69) is 20.0 Å². The molecule has 2 aromatic heterocycles. The molecule has 1 aliphatic heterocycles. The molecule has 1 fully saturated rings. The molecule has 1 saturated heterocycles. The first-order valence-corrected chi connectivity index (χ1v) is 7.32. The van der Waals surface area contributed by atoms with Crippen LogP contribution in [0, 0.1) is 23.0 Å². The number of rotatable bonds is 4. The van der Waals surface area contributed by atoms with Gasteiger partial charge in [-0.3, -0.25) is 14.8 Å². The molecule has 8 heteroatoms. The van der Waals surface area contributed by atoms with E-state index in [1.165, 1.54) is 6.20 Å². The Labute approximate surface area is 127 Å². The molecular weight excluding hydrogens is 284 g/mol. The summed E-state index contributed by atoms with van der Waals surface area (Å²) in [6.07, 6.45) is 6.85. The van der Waals surface area contributed by atoms with Crippen molar-refractivity contribution >= 4 is 11.5 Å². The van der Waals surface area contributed by atoms with E-state index < -0.39 is 4.92 Å². The summed E-state index contributed by atoms with van der Waals surface area (Å²) in [5.74, 6) is 1.29. The molecule has 0 aromatic carbocycles. The number of aromatic nitrogens is 4. The smallest absolute Gasteiger partial charge is 0.290 e. The monoisotopic (exact) mass is 302 g/mol. The topological polar surface area (TPSA) is 90.0 Å². The van der Waals surface area contributed by atoms with E-state index in [0.29, 0.717) is 11.5 Å². The van der Waals surface area contributed by atoms with Crippen LogP contribution in [-0.2, 0) is 6.54 Å². The van der Waals surface area contributed by atoms with Gasteiger partial charge in [-0.15, -0.1) is 0 Å². The van der Waals surface area contributed by atoms with Gasteiger partial charge in [0.15, 0.2) is 0 Å². The standard InChI is InChI=1S/C14H18N6O2/c1-11-5-14(16-6-13(11)20(21)22)18-4-2-3-12(7-18)8-19-10-15-9-17-19/h5-6,9-10,12H,2-4,7-8H2,1H3. The third-order valence-electron chi connectivity index (χ3n) is 4.02. The van der Waals surface area contributed by atoms with Gasteiger partial charge in [-0.25, -0.2) is 9.97 Å². The van der Waals surface area contributed by atoms with Gasteiger partial charge in [-0.05, 0) is 31.7 Å². The van der Waals surface area contributed by atoms with Crippen LogP contribution in [0.4, 0.5) is 11.5 Å². The van der Waals surface area contributed by atoms with E-state index in [1.807, 2.05) is 4.68 Å². The minimum atomic E-state index is -0.393. The number of hydrogen-bond donors (Lipinski definition) is 0. The van der Waals surface area contributed by atoms with Crippen molar-refractivity contribution in [1.82, 2.24) is 19.7 Å². The van der Waals surface area contributed by atoms with Crippen LogP contribution in [0.15, 0.2) is 24.9 Å². The van der Waals surface area contributed by atoms with Gasteiger partial charge >= 0.3 is 0 Å². The number of nitrogens with zero attached hydrogens (tertiary/aromatic N) is 6. The zero-order chi connectivity index (χ0) is 15.5. The maximum Gasteiger partial charge on any atom is 0.290 e. The predicted molar refractivity (Wildman–Crippen MR) is 80.6 cm³/mol. The highest BCUT2D eigenvalue weighted by atomic mass is 16.6. The largest absolute Gasteiger partial charge is 0.356 e. The summed E-state index contributed by atoms with van der Waals surface area (Å²) in [7, 11) is 0. The lowest BCUT2D eigenvalue weighted by atomic mass is 9.98. The average molecular weight is 302 g/mol. The van der Waals surface area contributed by atoms with Crippen LogP contribution in [-0.4, -0.2) is 37.8 Å². The van der Waals surface area contributed by atoms with Gasteiger partial charge in [0.1, 0.15) is 24.7 Å². The van der Waals surface area contributed by atoms with Gasteiger partial charge in [0, 0.05) is 25.2 Å². The molecule has 0 saturated carbocycles. The summed E-state index contributed by atoms with van der Waals surface area (Å²) in [6, 6.07) is 1.80. The Morgan fingerprint density at radius 2 is 2.36 bits per heavy atom. The average Bonchev–Trinajstić information content (AvgIpc) is 3.00. The molecule has 0 aliphatic carbocycles. The fourth-order valence-corrected chi connectivity index (χ4v) is 2.91. The highest BCUT2D eigenvalue weighted by molar-refractivity contribution is 5.48. The lowest BCUT2D eigenvalue weighted by Gasteiger charge is -2.33. The van der Waals surface area contributed by atoms with Gasteiger partial charge in [0.2, 0.25) is 0 Å².